The molecule has 96 valence electrons. The summed E-state index contributed by atoms with van der Waals surface area (Å²) in [6.07, 6.45) is 9.64. The number of fused-ring (bicyclic) bond motifs is 1. The third-order valence-electron chi connectivity index (χ3n) is 4.01. The van der Waals surface area contributed by atoms with Crippen molar-refractivity contribution in [2.75, 3.05) is 0 Å². The molecule has 1 N–H and O–H groups in total. The number of hydrogen-bond donors (Lipinski definition) is 1. The molecule has 1 aliphatic carbocycles. The molecule has 0 radical (unpaired) electrons. The topological polar surface area (TPSA) is 33.6 Å². The van der Waals surface area contributed by atoms with E-state index in [1.165, 1.54) is 19.3 Å². The van der Waals surface area contributed by atoms with E-state index < -0.39 is 0 Å². The van der Waals surface area contributed by atoms with Crippen molar-refractivity contribution in [1.82, 2.24) is 14.5 Å². The minimum atomic E-state index is 0.0819. The van der Waals surface area contributed by atoms with E-state index in [4.69, 9.17) is 23.8 Å². The second-order valence-electron chi connectivity index (χ2n) is 5.34. The lowest BCUT2D eigenvalue weighted by molar-refractivity contribution is 0.222. The van der Waals surface area contributed by atoms with Crippen molar-refractivity contribution in [2.24, 2.45) is 0 Å². The molecule has 5 heteroatoms. The van der Waals surface area contributed by atoms with Gasteiger partial charge >= 0.3 is 0 Å². The Hall–Kier alpha value is -0.870. The molecule has 2 heterocycles. The van der Waals surface area contributed by atoms with Crippen LogP contribution in [0.1, 0.15) is 39.0 Å². The SMILES string of the molecule is CC1(n2c(=S)[nH]c3cncc(Cl)c32)CCCCC1. The summed E-state index contributed by atoms with van der Waals surface area (Å²) < 4.78 is 2.96. The van der Waals surface area contributed by atoms with E-state index in [0.29, 0.717) is 5.02 Å². The molecule has 2 aromatic heterocycles. The fourth-order valence-electron chi connectivity index (χ4n) is 3.07. The van der Waals surface area contributed by atoms with Crippen molar-refractivity contribution in [3.8, 4) is 0 Å². The summed E-state index contributed by atoms with van der Waals surface area (Å²) in [5, 5.41) is 0.673. The average Bonchev–Trinajstić information content (AvgIpc) is 2.68. The van der Waals surface area contributed by atoms with Crippen LogP contribution < -0.4 is 0 Å². The zero-order valence-corrected chi connectivity index (χ0v) is 11.9. The number of hydrogen-bond acceptors (Lipinski definition) is 2. The van der Waals surface area contributed by atoms with E-state index >= 15 is 0 Å². The van der Waals surface area contributed by atoms with Crippen LogP contribution in [0.2, 0.25) is 5.02 Å². The molecular formula is C13H16ClN3S. The second kappa shape index (κ2) is 4.35. The minimum absolute atomic E-state index is 0.0819. The van der Waals surface area contributed by atoms with Gasteiger partial charge in [0.1, 0.15) is 0 Å². The number of nitrogens with zero attached hydrogens (tertiary/aromatic N) is 2. The Morgan fingerprint density at radius 3 is 2.78 bits per heavy atom. The summed E-state index contributed by atoms with van der Waals surface area (Å²) in [4.78, 5) is 7.33. The number of aromatic amines is 1. The lowest BCUT2D eigenvalue weighted by atomic mass is 9.83. The van der Waals surface area contributed by atoms with Crippen LogP contribution in [-0.4, -0.2) is 14.5 Å². The highest BCUT2D eigenvalue weighted by Gasteiger charge is 2.31. The Balaban J connectivity index is 2.28. The van der Waals surface area contributed by atoms with Crippen LogP contribution >= 0.6 is 23.8 Å². The van der Waals surface area contributed by atoms with Crippen molar-refractivity contribution >= 4 is 34.9 Å². The highest BCUT2D eigenvalue weighted by Crippen LogP contribution is 2.38. The third kappa shape index (κ3) is 1.79. The molecule has 0 unspecified atom stereocenters. The third-order valence-corrected chi connectivity index (χ3v) is 4.57. The number of H-pyrrole nitrogens is 1. The van der Waals surface area contributed by atoms with Gasteiger partial charge in [-0.15, -0.1) is 0 Å². The molecule has 0 aliphatic heterocycles. The van der Waals surface area contributed by atoms with Crippen LogP contribution in [0.25, 0.3) is 11.0 Å². The maximum Gasteiger partial charge on any atom is 0.178 e. The maximum absolute atomic E-state index is 6.31. The van der Waals surface area contributed by atoms with Crippen molar-refractivity contribution in [1.29, 1.82) is 0 Å². The van der Waals surface area contributed by atoms with Crippen LogP contribution in [0.4, 0.5) is 0 Å². The molecule has 2 aromatic rings. The standard InChI is InChI=1S/C13H16ClN3S/c1-13(5-3-2-4-6-13)17-11-9(14)7-15-8-10(11)16-12(17)18/h7-8H,2-6H2,1H3,(H,16,18). The molecule has 0 aromatic carbocycles. The van der Waals surface area contributed by atoms with Gasteiger partial charge in [0.2, 0.25) is 0 Å². The maximum atomic E-state index is 6.31. The van der Waals surface area contributed by atoms with E-state index in [9.17, 15) is 0 Å². The summed E-state index contributed by atoms with van der Waals surface area (Å²) in [7, 11) is 0. The molecule has 3 nitrogen and oxygen atoms in total. The molecule has 0 saturated heterocycles. The number of aromatic nitrogens is 3. The molecule has 3 rings (SSSR count). The summed E-state index contributed by atoms with van der Waals surface area (Å²) in [6, 6.07) is 0. The van der Waals surface area contributed by atoms with Crippen LogP contribution in [0, 0.1) is 4.77 Å². The summed E-state index contributed by atoms with van der Waals surface area (Å²) in [5.74, 6) is 0. The molecule has 0 atom stereocenters. The van der Waals surface area contributed by atoms with E-state index in [0.717, 1.165) is 28.6 Å². The lowest BCUT2D eigenvalue weighted by Gasteiger charge is -2.35. The van der Waals surface area contributed by atoms with Crippen molar-refractivity contribution in [2.45, 2.75) is 44.6 Å². The molecule has 0 bridgehead atoms. The number of halogens is 1. The van der Waals surface area contributed by atoms with Crippen LogP contribution in [0.3, 0.4) is 0 Å². The molecule has 0 amide bonds. The Morgan fingerprint density at radius 1 is 1.33 bits per heavy atom. The lowest BCUT2D eigenvalue weighted by Crippen LogP contribution is -2.32. The largest absolute Gasteiger partial charge is 0.329 e. The molecule has 1 fully saturated rings. The predicted molar refractivity (Wildman–Crippen MR) is 76.7 cm³/mol. The van der Waals surface area contributed by atoms with E-state index in [1.54, 1.807) is 12.4 Å². The first-order valence-electron chi connectivity index (χ1n) is 6.36. The van der Waals surface area contributed by atoms with Crippen molar-refractivity contribution < 1.29 is 0 Å². The molecule has 0 spiro atoms. The van der Waals surface area contributed by atoms with Gasteiger partial charge in [0.15, 0.2) is 4.77 Å². The highest BCUT2D eigenvalue weighted by atomic mass is 35.5. The van der Waals surface area contributed by atoms with Gasteiger partial charge in [-0.25, -0.2) is 0 Å². The number of pyridine rings is 1. The van der Waals surface area contributed by atoms with Crippen LogP contribution in [0.15, 0.2) is 12.4 Å². The Kier molecular flexibility index (Phi) is 2.94. The number of imidazole rings is 1. The predicted octanol–water partition coefficient (Wildman–Crippen LogP) is 4.43. The van der Waals surface area contributed by atoms with Crippen LogP contribution in [-0.2, 0) is 5.54 Å². The van der Waals surface area contributed by atoms with E-state index in [2.05, 4.69) is 21.5 Å². The van der Waals surface area contributed by atoms with Crippen molar-refractivity contribution in [3.05, 3.63) is 22.2 Å². The first-order chi connectivity index (χ1) is 8.62. The van der Waals surface area contributed by atoms with Gasteiger partial charge in [-0.1, -0.05) is 30.9 Å². The van der Waals surface area contributed by atoms with E-state index in [1.807, 2.05) is 0 Å². The fraction of sp³-hybridized carbons (Fsp3) is 0.538. The second-order valence-corrected chi connectivity index (χ2v) is 6.13. The van der Waals surface area contributed by atoms with Gasteiger partial charge in [0.05, 0.1) is 22.3 Å². The molecule has 1 saturated carbocycles. The zero-order valence-electron chi connectivity index (χ0n) is 10.4. The Labute approximate surface area is 116 Å². The van der Waals surface area contributed by atoms with Gasteiger partial charge in [-0.2, -0.15) is 0 Å². The van der Waals surface area contributed by atoms with E-state index in [-0.39, 0.29) is 5.54 Å². The average molecular weight is 282 g/mol. The monoisotopic (exact) mass is 281 g/mol. The number of rotatable bonds is 1. The molecular weight excluding hydrogens is 266 g/mol. The summed E-state index contributed by atoms with van der Waals surface area (Å²) >= 11 is 11.8. The van der Waals surface area contributed by atoms with Gasteiger partial charge in [-0.3, -0.25) is 4.98 Å². The Morgan fingerprint density at radius 2 is 2.06 bits per heavy atom. The van der Waals surface area contributed by atoms with Gasteiger partial charge in [-0.05, 0) is 32.0 Å². The normalized spacial score (nSPS) is 19.2. The highest BCUT2D eigenvalue weighted by molar-refractivity contribution is 7.71. The van der Waals surface area contributed by atoms with Crippen molar-refractivity contribution in [3.63, 3.8) is 0 Å². The summed E-state index contributed by atoms with van der Waals surface area (Å²) in [6.45, 7) is 2.28. The number of nitrogens with one attached hydrogen (secondary N) is 1. The van der Waals surface area contributed by atoms with Gasteiger partial charge in [0.25, 0.3) is 0 Å². The summed E-state index contributed by atoms with van der Waals surface area (Å²) in [5.41, 5.74) is 2.01. The van der Waals surface area contributed by atoms with Crippen LogP contribution in [0.5, 0.6) is 0 Å². The van der Waals surface area contributed by atoms with Gasteiger partial charge in [0, 0.05) is 11.7 Å². The first-order valence-corrected chi connectivity index (χ1v) is 7.15. The minimum Gasteiger partial charge on any atom is -0.329 e. The zero-order chi connectivity index (χ0) is 12.8. The molecule has 1 aliphatic rings. The quantitative estimate of drug-likeness (QED) is 0.785. The Bertz CT molecular complexity index is 637. The first kappa shape index (κ1) is 12.2. The fourth-order valence-corrected chi connectivity index (χ4v) is 3.74. The smallest absolute Gasteiger partial charge is 0.178 e. The van der Waals surface area contributed by atoms with Gasteiger partial charge < -0.3 is 9.55 Å². The molecule has 18 heavy (non-hydrogen) atoms.